The summed E-state index contributed by atoms with van der Waals surface area (Å²) in [5, 5.41) is 16.6. The van der Waals surface area contributed by atoms with Gasteiger partial charge >= 0.3 is 0 Å². The van der Waals surface area contributed by atoms with Gasteiger partial charge in [-0.15, -0.1) is 5.10 Å². The molecule has 0 atom stereocenters. The van der Waals surface area contributed by atoms with E-state index in [1.165, 1.54) is 11.4 Å². The van der Waals surface area contributed by atoms with Gasteiger partial charge in [0, 0.05) is 25.7 Å². The fourth-order valence-electron chi connectivity index (χ4n) is 3.57. The summed E-state index contributed by atoms with van der Waals surface area (Å²) in [6.07, 6.45) is 2.33. The van der Waals surface area contributed by atoms with Crippen molar-refractivity contribution in [2.45, 2.75) is 18.3 Å². The van der Waals surface area contributed by atoms with E-state index in [4.69, 9.17) is 10.00 Å². The lowest BCUT2D eigenvalue weighted by Crippen LogP contribution is -2.40. The molecule has 11 heteroatoms. The molecule has 33 heavy (non-hydrogen) atoms. The highest BCUT2D eigenvalue weighted by Gasteiger charge is 2.54. The molecular formula is C22H24N6O4S. The first-order chi connectivity index (χ1) is 15.7. The zero-order valence-electron chi connectivity index (χ0n) is 18.6. The number of amides is 1. The predicted octanol–water partition coefficient (Wildman–Crippen LogP) is 1.32. The van der Waals surface area contributed by atoms with Crippen molar-refractivity contribution in [3.05, 3.63) is 47.8 Å². The average molecular weight is 469 g/mol. The maximum Gasteiger partial charge on any atom is 0.234 e. The fourth-order valence-corrected chi connectivity index (χ4v) is 4.00. The van der Waals surface area contributed by atoms with Crippen LogP contribution in [0.2, 0.25) is 0 Å². The minimum Gasteiger partial charge on any atom is -0.493 e. The maximum absolute atomic E-state index is 13.0. The van der Waals surface area contributed by atoms with E-state index >= 15 is 0 Å². The number of hydrogen-bond acceptors (Lipinski definition) is 7. The number of nitrogens with zero attached hydrogens (tertiary/aromatic N) is 5. The smallest absolute Gasteiger partial charge is 0.234 e. The largest absolute Gasteiger partial charge is 0.493 e. The number of methoxy groups -OCH3 is 1. The normalized spacial score (nSPS) is 14.8. The molecule has 0 bridgehead atoms. The Balaban J connectivity index is 1.64. The van der Waals surface area contributed by atoms with Gasteiger partial charge in [0.15, 0.2) is 17.2 Å². The number of benzene rings is 1. The third-order valence-electron chi connectivity index (χ3n) is 5.87. The standard InChI is InChI=1S/C22H24N6O4S/c1-27(33(3,30)31)13-12-24-21(29)22(10-11-22)20-25-19-18(32-2)9-8-17(28(19)26-20)16-6-4-15(14-23)5-7-16/h4-9H,10-13H2,1-3H3,(H,24,29). The Hall–Kier alpha value is -3.49. The Morgan fingerprint density at radius 1 is 1.27 bits per heavy atom. The SMILES string of the molecule is COc1ccc(-c2ccc(C#N)cc2)n2nc(C3(C(=O)NCCN(C)S(C)(=O)=O)CC3)nc12. The van der Waals surface area contributed by atoms with Gasteiger partial charge in [0.25, 0.3) is 0 Å². The van der Waals surface area contributed by atoms with Gasteiger partial charge in [-0.1, -0.05) is 12.1 Å². The van der Waals surface area contributed by atoms with Gasteiger partial charge in [0.2, 0.25) is 15.9 Å². The van der Waals surface area contributed by atoms with Crippen LogP contribution in [-0.4, -0.2) is 66.7 Å². The van der Waals surface area contributed by atoms with E-state index in [2.05, 4.69) is 21.5 Å². The number of pyridine rings is 1. The number of carbonyl (C=O) groups is 1. The van der Waals surface area contributed by atoms with E-state index in [0.717, 1.165) is 17.5 Å². The molecular weight excluding hydrogens is 444 g/mol. The van der Waals surface area contributed by atoms with E-state index in [0.29, 0.717) is 35.6 Å². The monoisotopic (exact) mass is 468 g/mol. The summed E-state index contributed by atoms with van der Waals surface area (Å²) in [5.74, 6) is 0.701. The van der Waals surface area contributed by atoms with Crippen LogP contribution in [0.3, 0.4) is 0 Å². The molecule has 2 aromatic heterocycles. The van der Waals surface area contributed by atoms with Gasteiger partial charge in [0.1, 0.15) is 5.41 Å². The maximum atomic E-state index is 13.0. The number of likely N-dealkylation sites (N-methyl/N-ethyl adjacent to an activating group) is 1. The molecule has 1 aliphatic rings. The van der Waals surface area contributed by atoms with Gasteiger partial charge in [-0.2, -0.15) is 5.26 Å². The zero-order chi connectivity index (χ0) is 23.8. The van der Waals surface area contributed by atoms with Crippen molar-refractivity contribution < 1.29 is 17.9 Å². The molecule has 1 saturated carbocycles. The molecule has 0 spiro atoms. The minimum atomic E-state index is -3.31. The van der Waals surface area contributed by atoms with Crippen molar-refractivity contribution in [2.24, 2.45) is 0 Å². The lowest BCUT2D eigenvalue weighted by Gasteiger charge is -2.16. The highest BCUT2D eigenvalue weighted by atomic mass is 32.2. The van der Waals surface area contributed by atoms with Crippen LogP contribution in [0, 0.1) is 11.3 Å². The highest BCUT2D eigenvalue weighted by molar-refractivity contribution is 7.88. The molecule has 3 aromatic rings. The Morgan fingerprint density at radius 3 is 2.55 bits per heavy atom. The van der Waals surface area contributed by atoms with Gasteiger partial charge in [-0.25, -0.2) is 22.2 Å². The fraction of sp³-hybridized carbons (Fsp3) is 0.364. The average Bonchev–Trinajstić information content (AvgIpc) is 3.49. The van der Waals surface area contributed by atoms with Crippen LogP contribution >= 0.6 is 0 Å². The number of ether oxygens (including phenoxy) is 1. The lowest BCUT2D eigenvalue weighted by molar-refractivity contribution is -0.123. The van der Waals surface area contributed by atoms with Crippen molar-refractivity contribution in [3.63, 3.8) is 0 Å². The molecule has 1 aliphatic carbocycles. The number of fused-ring (bicyclic) bond motifs is 1. The molecule has 1 amide bonds. The van der Waals surface area contributed by atoms with Crippen LogP contribution in [0.1, 0.15) is 24.2 Å². The molecule has 10 nitrogen and oxygen atoms in total. The lowest BCUT2D eigenvalue weighted by atomic mass is 10.1. The summed E-state index contributed by atoms with van der Waals surface area (Å²) < 4.78 is 31.4. The number of sulfonamides is 1. The third kappa shape index (κ3) is 4.27. The first kappa shape index (κ1) is 22.7. The van der Waals surface area contributed by atoms with Crippen LogP contribution in [0.25, 0.3) is 16.9 Å². The predicted molar refractivity (Wildman–Crippen MR) is 121 cm³/mol. The van der Waals surface area contributed by atoms with Gasteiger partial charge in [-0.3, -0.25) is 4.79 Å². The number of nitrogens with one attached hydrogen (secondary N) is 1. The number of aromatic nitrogens is 3. The Morgan fingerprint density at radius 2 is 1.97 bits per heavy atom. The van der Waals surface area contributed by atoms with E-state index in [9.17, 15) is 13.2 Å². The second-order valence-corrected chi connectivity index (χ2v) is 10.2. The van der Waals surface area contributed by atoms with Gasteiger partial charge in [0.05, 0.1) is 30.7 Å². The van der Waals surface area contributed by atoms with E-state index in [-0.39, 0.29) is 19.0 Å². The van der Waals surface area contributed by atoms with E-state index < -0.39 is 15.4 Å². The minimum absolute atomic E-state index is 0.176. The number of hydrogen-bond donors (Lipinski definition) is 1. The van der Waals surface area contributed by atoms with Crippen LogP contribution in [0.4, 0.5) is 0 Å². The van der Waals surface area contributed by atoms with Gasteiger partial charge < -0.3 is 10.1 Å². The molecule has 0 radical (unpaired) electrons. The molecule has 4 rings (SSSR count). The topological polar surface area (TPSA) is 130 Å². The molecule has 1 fully saturated rings. The van der Waals surface area contributed by atoms with Crippen molar-refractivity contribution in [3.8, 4) is 23.1 Å². The summed E-state index contributed by atoms with van der Waals surface area (Å²) in [5.41, 5.74) is 1.79. The summed E-state index contributed by atoms with van der Waals surface area (Å²) in [7, 11) is -0.299. The molecule has 1 aromatic carbocycles. The molecule has 0 saturated heterocycles. The number of rotatable bonds is 8. The van der Waals surface area contributed by atoms with Crippen molar-refractivity contribution in [1.82, 2.24) is 24.2 Å². The highest BCUT2D eigenvalue weighted by Crippen LogP contribution is 2.47. The van der Waals surface area contributed by atoms with Crippen LogP contribution in [0.5, 0.6) is 5.75 Å². The second-order valence-electron chi connectivity index (χ2n) is 8.07. The molecule has 1 N–H and O–H groups in total. The Labute approximate surface area is 191 Å². The Kier molecular flexibility index (Phi) is 5.82. The van der Waals surface area contributed by atoms with Crippen LogP contribution in [0.15, 0.2) is 36.4 Å². The summed E-state index contributed by atoms with van der Waals surface area (Å²) >= 11 is 0. The van der Waals surface area contributed by atoms with E-state index in [1.807, 2.05) is 18.2 Å². The zero-order valence-corrected chi connectivity index (χ0v) is 19.4. The Bertz CT molecular complexity index is 1350. The summed E-state index contributed by atoms with van der Waals surface area (Å²) in [6.45, 7) is 0.368. The third-order valence-corrected chi connectivity index (χ3v) is 7.18. The first-order valence-electron chi connectivity index (χ1n) is 10.3. The second kappa shape index (κ2) is 8.46. The van der Waals surface area contributed by atoms with E-state index in [1.54, 1.807) is 29.8 Å². The van der Waals surface area contributed by atoms with Crippen LogP contribution in [-0.2, 0) is 20.2 Å². The van der Waals surface area contributed by atoms with Gasteiger partial charge in [-0.05, 0) is 37.1 Å². The molecule has 2 heterocycles. The quantitative estimate of drug-likeness (QED) is 0.528. The van der Waals surface area contributed by atoms with Crippen molar-refractivity contribution >= 4 is 21.6 Å². The molecule has 172 valence electrons. The van der Waals surface area contributed by atoms with Crippen molar-refractivity contribution in [1.29, 1.82) is 5.26 Å². The summed E-state index contributed by atoms with van der Waals surface area (Å²) in [6, 6.07) is 12.9. The number of carbonyl (C=O) groups excluding carboxylic acids is 1. The number of nitriles is 1. The van der Waals surface area contributed by atoms with Crippen molar-refractivity contribution in [2.75, 3.05) is 33.5 Å². The summed E-state index contributed by atoms with van der Waals surface area (Å²) in [4.78, 5) is 17.6. The van der Waals surface area contributed by atoms with Crippen LogP contribution < -0.4 is 10.1 Å². The first-order valence-corrected chi connectivity index (χ1v) is 12.2. The molecule has 0 unspecified atom stereocenters. The molecule has 0 aliphatic heterocycles.